The van der Waals surface area contributed by atoms with E-state index in [1.54, 1.807) is 35.0 Å². The van der Waals surface area contributed by atoms with E-state index < -0.39 is 5.60 Å². The number of amides is 1. The molecule has 1 aliphatic heterocycles. The fraction of sp³-hybridized carbons (Fsp3) is 0.406. The number of hydrogen-bond donors (Lipinski definition) is 1. The van der Waals surface area contributed by atoms with Crippen LogP contribution in [-0.2, 0) is 11.4 Å². The summed E-state index contributed by atoms with van der Waals surface area (Å²) in [4.78, 5) is 27.7. The van der Waals surface area contributed by atoms with Crippen LogP contribution >= 0.6 is 0 Å². The van der Waals surface area contributed by atoms with E-state index in [4.69, 9.17) is 14.6 Å². The molecule has 216 valence electrons. The van der Waals surface area contributed by atoms with Crippen molar-refractivity contribution >= 4 is 23.2 Å². The Kier molecular flexibility index (Phi) is 8.56. The van der Waals surface area contributed by atoms with Crippen molar-refractivity contribution in [3.63, 3.8) is 0 Å². The number of fused-ring (bicyclic) bond motifs is 1. The first-order chi connectivity index (χ1) is 19.7. The molecule has 0 radical (unpaired) electrons. The highest BCUT2D eigenvalue weighted by atomic mass is 16.7. The van der Waals surface area contributed by atoms with E-state index in [0.29, 0.717) is 29.4 Å². The Morgan fingerprint density at radius 1 is 1.10 bits per heavy atom. The van der Waals surface area contributed by atoms with E-state index in [1.165, 1.54) is 10.6 Å². The fourth-order valence-electron chi connectivity index (χ4n) is 5.17. The Labute approximate surface area is 242 Å². The molecular formula is C32H40N6O3. The Bertz CT molecular complexity index is 1460. The molecule has 1 saturated heterocycles. The molecule has 0 spiro atoms. The highest BCUT2D eigenvalue weighted by Gasteiger charge is 2.31. The molecule has 5 rings (SSSR count). The normalized spacial score (nSPS) is 16.1. The minimum Gasteiger partial charge on any atom is -0.494 e. The summed E-state index contributed by atoms with van der Waals surface area (Å²) in [5.74, 6) is 1.66. The van der Waals surface area contributed by atoms with Crippen molar-refractivity contribution in [3.8, 4) is 5.75 Å². The van der Waals surface area contributed by atoms with Crippen molar-refractivity contribution in [1.82, 2.24) is 19.5 Å². The second-order valence-corrected chi connectivity index (χ2v) is 11.5. The number of anilines is 2. The predicted molar refractivity (Wildman–Crippen MR) is 161 cm³/mol. The van der Waals surface area contributed by atoms with Crippen LogP contribution in [0, 0.1) is 6.92 Å². The third-order valence-electron chi connectivity index (χ3n) is 6.99. The molecule has 2 aromatic carbocycles. The lowest BCUT2D eigenvalue weighted by Crippen LogP contribution is -2.42. The van der Waals surface area contributed by atoms with E-state index in [9.17, 15) is 4.79 Å². The van der Waals surface area contributed by atoms with Gasteiger partial charge in [-0.25, -0.2) is 4.98 Å². The van der Waals surface area contributed by atoms with Gasteiger partial charge in [-0.1, -0.05) is 30.3 Å². The largest absolute Gasteiger partial charge is 0.494 e. The maximum absolute atomic E-state index is 14.0. The molecular weight excluding hydrogens is 516 g/mol. The number of carbonyl (C=O) groups is 1. The van der Waals surface area contributed by atoms with E-state index in [0.717, 1.165) is 43.9 Å². The molecule has 1 aliphatic rings. The van der Waals surface area contributed by atoms with Crippen LogP contribution in [0.1, 0.15) is 62.0 Å². The Hall–Kier alpha value is -3.95. The van der Waals surface area contributed by atoms with Crippen LogP contribution in [0.2, 0.25) is 0 Å². The number of rotatable bonds is 9. The standard InChI is InChI=1S/C32H40N6O3/c1-6-40-27-16-14-25(15-17-27)31(39)38(41-32(3,4)5)30-23(2)29(35-28-18-19-33-37(28)30)34-26-13-10-20-36(22-26)21-24-11-8-7-9-12-24/h7-9,11-12,14-19,26H,6,10,13,20-22H2,1-5H3,(H,34,35)/t26-/m0/s1. The predicted octanol–water partition coefficient (Wildman–Crippen LogP) is 5.89. The second kappa shape index (κ2) is 12.3. The Morgan fingerprint density at radius 2 is 1.85 bits per heavy atom. The molecule has 41 heavy (non-hydrogen) atoms. The van der Waals surface area contributed by atoms with Gasteiger partial charge in [-0.2, -0.15) is 14.7 Å². The number of aromatic nitrogens is 3. The summed E-state index contributed by atoms with van der Waals surface area (Å²) in [7, 11) is 0. The van der Waals surface area contributed by atoms with Gasteiger partial charge < -0.3 is 10.1 Å². The fourth-order valence-corrected chi connectivity index (χ4v) is 5.17. The van der Waals surface area contributed by atoms with Crippen molar-refractivity contribution in [2.45, 2.75) is 65.6 Å². The van der Waals surface area contributed by atoms with Crippen molar-refractivity contribution < 1.29 is 14.4 Å². The zero-order valence-corrected chi connectivity index (χ0v) is 24.6. The van der Waals surface area contributed by atoms with Gasteiger partial charge in [0, 0.05) is 36.3 Å². The maximum atomic E-state index is 14.0. The van der Waals surface area contributed by atoms with Crippen LogP contribution in [0.5, 0.6) is 5.75 Å². The number of nitrogens with zero attached hydrogens (tertiary/aromatic N) is 5. The molecule has 1 N–H and O–H groups in total. The molecule has 1 fully saturated rings. The number of benzene rings is 2. The number of hydrogen-bond acceptors (Lipinski definition) is 7. The first-order valence-electron chi connectivity index (χ1n) is 14.4. The summed E-state index contributed by atoms with van der Waals surface area (Å²) in [6.07, 6.45) is 3.83. The number of carbonyl (C=O) groups excluding carboxylic acids is 1. The molecule has 2 aromatic heterocycles. The van der Waals surface area contributed by atoms with Gasteiger partial charge in [0.25, 0.3) is 5.91 Å². The zero-order chi connectivity index (χ0) is 29.0. The molecule has 0 saturated carbocycles. The first kappa shape index (κ1) is 28.6. The molecule has 9 heteroatoms. The van der Waals surface area contributed by atoms with Crippen molar-refractivity contribution in [1.29, 1.82) is 0 Å². The molecule has 9 nitrogen and oxygen atoms in total. The van der Waals surface area contributed by atoms with E-state index in [-0.39, 0.29) is 11.9 Å². The van der Waals surface area contributed by atoms with Gasteiger partial charge >= 0.3 is 0 Å². The third kappa shape index (κ3) is 6.86. The summed E-state index contributed by atoms with van der Waals surface area (Å²) < 4.78 is 7.24. The summed E-state index contributed by atoms with van der Waals surface area (Å²) in [6.45, 7) is 13.1. The smallest absolute Gasteiger partial charge is 0.283 e. The van der Waals surface area contributed by atoms with Gasteiger partial charge in [-0.05, 0) is 83.8 Å². The topological polar surface area (TPSA) is 84.2 Å². The van der Waals surface area contributed by atoms with Crippen LogP contribution < -0.4 is 15.1 Å². The number of piperidine rings is 1. The van der Waals surface area contributed by atoms with Crippen LogP contribution in [-0.4, -0.2) is 56.7 Å². The number of hydroxylamine groups is 1. The van der Waals surface area contributed by atoms with E-state index >= 15 is 0 Å². The highest BCUT2D eigenvalue weighted by molar-refractivity contribution is 6.05. The SMILES string of the molecule is CCOc1ccc(C(=O)N(OC(C)(C)C)c2c(C)c(N[C@H]3CCCN(Cc4ccccc4)C3)nc3ccnn23)cc1. The van der Waals surface area contributed by atoms with Gasteiger partial charge in [0.15, 0.2) is 11.5 Å². The van der Waals surface area contributed by atoms with E-state index in [2.05, 4.69) is 45.6 Å². The van der Waals surface area contributed by atoms with Crippen LogP contribution in [0.15, 0.2) is 66.9 Å². The quantitative estimate of drug-likeness (QED) is 0.257. The number of nitrogens with one attached hydrogen (secondary N) is 1. The molecule has 1 amide bonds. The summed E-state index contributed by atoms with van der Waals surface area (Å²) in [6, 6.07) is 19.7. The lowest BCUT2D eigenvalue weighted by atomic mass is 10.0. The lowest BCUT2D eigenvalue weighted by Gasteiger charge is -2.34. The lowest BCUT2D eigenvalue weighted by molar-refractivity contribution is -0.0173. The number of ether oxygens (including phenoxy) is 1. The van der Waals surface area contributed by atoms with Crippen molar-refractivity contribution in [2.24, 2.45) is 0 Å². The summed E-state index contributed by atoms with van der Waals surface area (Å²) >= 11 is 0. The van der Waals surface area contributed by atoms with Crippen LogP contribution in [0.4, 0.5) is 11.6 Å². The molecule has 0 unspecified atom stereocenters. The van der Waals surface area contributed by atoms with Gasteiger partial charge in [-0.15, -0.1) is 0 Å². The Morgan fingerprint density at radius 3 is 2.56 bits per heavy atom. The van der Waals surface area contributed by atoms with Gasteiger partial charge in [0.1, 0.15) is 11.6 Å². The third-order valence-corrected chi connectivity index (χ3v) is 6.99. The maximum Gasteiger partial charge on any atom is 0.283 e. The molecule has 4 aromatic rings. The molecule has 0 aliphatic carbocycles. The van der Waals surface area contributed by atoms with Crippen LogP contribution in [0.25, 0.3) is 5.65 Å². The minimum atomic E-state index is -0.648. The van der Waals surface area contributed by atoms with Crippen LogP contribution in [0.3, 0.4) is 0 Å². The Balaban J connectivity index is 1.46. The molecule has 3 heterocycles. The van der Waals surface area contributed by atoms with Gasteiger partial charge in [-0.3, -0.25) is 14.5 Å². The van der Waals surface area contributed by atoms with Gasteiger partial charge in [0.2, 0.25) is 0 Å². The highest BCUT2D eigenvalue weighted by Crippen LogP contribution is 2.31. The monoisotopic (exact) mass is 556 g/mol. The molecule has 0 bridgehead atoms. The zero-order valence-electron chi connectivity index (χ0n) is 24.6. The van der Waals surface area contributed by atoms with Crippen molar-refractivity contribution in [3.05, 3.63) is 83.6 Å². The van der Waals surface area contributed by atoms with Crippen molar-refractivity contribution in [2.75, 3.05) is 30.1 Å². The van der Waals surface area contributed by atoms with Gasteiger partial charge in [0.05, 0.1) is 18.4 Å². The average Bonchev–Trinajstić information content (AvgIpc) is 3.41. The second-order valence-electron chi connectivity index (χ2n) is 11.5. The number of likely N-dealkylation sites (tertiary alicyclic amines) is 1. The van der Waals surface area contributed by atoms with E-state index in [1.807, 2.05) is 40.7 Å². The summed E-state index contributed by atoms with van der Waals surface area (Å²) in [5, 5.41) is 9.58. The first-order valence-corrected chi connectivity index (χ1v) is 14.4. The minimum absolute atomic E-state index is 0.218. The summed E-state index contributed by atoms with van der Waals surface area (Å²) in [5.41, 5.74) is 2.56. The molecule has 1 atom stereocenters. The average molecular weight is 557 g/mol.